The highest BCUT2D eigenvalue weighted by atomic mass is 16.5. The average Bonchev–Trinajstić information content (AvgIpc) is 2.61. The molecule has 0 bridgehead atoms. The van der Waals surface area contributed by atoms with Crippen LogP contribution in [0.4, 0.5) is 0 Å². The van der Waals surface area contributed by atoms with E-state index in [1.54, 1.807) is 24.3 Å². The normalized spacial score (nSPS) is 10.3. The lowest BCUT2D eigenvalue weighted by molar-refractivity contribution is 0.0697. The van der Waals surface area contributed by atoms with Crippen LogP contribution < -0.4 is 4.74 Å². The first kappa shape index (κ1) is 14.9. The van der Waals surface area contributed by atoms with Gasteiger partial charge in [-0.25, -0.2) is 4.79 Å². The quantitative estimate of drug-likeness (QED) is 0.747. The molecule has 0 amide bonds. The highest BCUT2D eigenvalue weighted by molar-refractivity contribution is 5.87. The molecular weight excluding hydrogens is 288 g/mol. The Kier molecular flexibility index (Phi) is 4.39. The molecule has 0 saturated heterocycles. The van der Waals surface area contributed by atoms with E-state index in [9.17, 15) is 4.79 Å². The van der Waals surface area contributed by atoms with E-state index in [2.05, 4.69) is 18.2 Å². The summed E-state index contributed by atoms with van der Waals surface area (Å²) in [5.41, 5.74) is 3.62. The molecule has 3 nitrogen and oxygen atoms in total. The molecule has 0 heterocycles. The molecule has 3 aromatic rings. The molecule has 0 aliphatic carbocycles. The van der Waals surface area contributed by atoms with Crippen LogP contribution >= 0.6 is 0 Å². The Morgan fingerprint density at radius 2 is 1.48 bits per heavy atom. The van der Waals surface area contributed by atoms with Gasteiger partial charge in [0.1, 0.15) is 12.4 Å². The molecule has 0 spiro atoms. The first-order valence-electron chi connectivity index (χ1n) is 7.33. The molecule has 0 unspecified atom stereocenters. The van der Waals surface area contributed by atoms with E-state index in [1.165, 1.54) is 0 Å². The van der Waals surface area contributed by atoms with Crippen molar-refractivity contribution in [3.05, 3.63) is 90.0 Å². The molecule has 0 fully saturated rings. The van der Waals surface area contributed by atoms with Crippen LogP contribution in [0.25, 0.3) is 11.1 Å². The molecule has 23 heavy (non-hydrogen) atoms. The second kappa shape index (κ2) is 6.79. The number of carboxylic acid groups (broad SMARTS) is 1. The SMILES string of the molecule is O=C(O)c1ccc(OCc2ccccc2-c2ccccc2)cc1. The average molecular weight is 304 g/mol. The zero-order chi connectivity index (χ0) is 16.1. The van der Waals surface area contributed by atoms with Crippen LogP contribution in [0.15, 0.2) is 78.9 Å². The van der Waals surface area contributed by atoms with Crippen molar-refractivity contribution in [2.24, 2.45) is 0 Å². The minimum Gasteiger partial charge on any atom is -0.489 e. The van der Waals surface area contributed by atoms with Gasteiger partial charge >= 0.3 is 5.97 Å². The zero-order valence-electron chi connectivity index (χ0n) is 12.5. The fraction of sp³-hybridized carbons (Fsp3) is 0.0500. The molecule has 0 radical (unpaired) electrons. The van der Waals surface area contributed by atoms with Crippen molar-refractivity contribution in [1.82, 2.24) is 0 Å². The summed E-state index contributed by atoms with van der Waals surface area (Å²) >= 11 is 0. The third-order valence-electron chi connectivity index (χ3n) is 3.60. The maximum absolute atomic E-state index is 10.9. The molecular formula is C20H16O3. The summed E-state index contributed by atoms with van der Waals surface area (Å²) in [4.78, 5) is 10.9. The third-order valence-corrected chi connectivity index (χ3v) is 3.60. The van der Waals surface area contributed by atoms with Crippen LogP contribution in [0.3, 0.4) is 0 Å². The van der Waals surface area contributed by atoms with E-state index in [0.717, 1.165) is 16.7 Å². The molecule has 0 aliphatic rings. The third kappa shape index (κ3) is 3.58. The van der Waals surface area contributed by atoms with Crippen LogP contribution in [0.5, 0.6) is 5.75 Å². The number of ether oxygens (including phenoxy) is 1. The first-order valence-corrected chi connectivity index (χ1v) is 7.33. The fourth-order valence-electron chi connectivity index (χ4n) is 2.40. The van der Waals surface area contributed by atoms with Crippen molar-refractivity contribution < 1.29 is 14.6 Å². The fourth-order valence-corrected chi connectivity index (χ4v) is 2.40. The van der Waals surface area contributed by atoms with Crippen LogP contribution in [-0.4, -0.2) is 11.1 Å². The monoisotopic (exact) mass is 304 g/mol. The Balaban J connectivity index is 1.77. The predicted molar refractivity (Wildman–Crippen MR) is 89.6 cm³/mol. The molecule has 3 heteroatoms. The molecule has 3 aromatic carbocycles. The van der Waals surface area contributed by atoms with Gasteiger partial charge in [-0.2, -0.15) is 0 Å². The van der Waals surface area contributed by atoms with Crippen molar-refractivity contribution >= 4 is 5.97 Å². The Morgan fingerprint density at radius 3 is 2.17 bits per heavy atom. The number of rotatable bonds is 5. The van der Waals surface area contributed by atoms with Crippen molar-refractivity contribution in [2.75, 3.05) is 0 Å². The van der Waals surface area contributed by atoms with E-state index in [0.29, 0.717) is 12.4 Å². The summed E-state index contributed by atoms with van der Waals surface area (Å²) < 4.78 is 5.80. The van der Waals surface area contributed by atoms with Gasteiger partial charge in [-0.05, 0) is 41.0 Å². The van der Waals surface area contributed by atoms with Gasteiger partial charge in [0.05, 0.1) is 5.56 Å². The van der Waals surface area contributed by atoms with Crippen LogP contribution in [0.1, 0.15) is 15.9 Å². The minimum atomic E-state index is -0.939. The largest absolute Gasteiger partial charge is 0.489 e. The predicted octanol–water partition coefficient (Wildman–Crippen LogP) is 4.63. The van der Waals surface area contributed by atoms with Crippen LogP contribution in [0, 0.1) is 0 Å². The molecule has 0 aliphatic heterocycles. The maximum Gasteiger partial charge on any atom is 0.335 e. The van der Waals surface area contributed by atoms with Crippen LogP contribution in [-0.2, 0) is 6.61 Å². The second-order valence-electron chi connectivity index (χ2n) is 5.14. The smallest absolute Gasteiger partial charge is 0.335 e. The van der Waals surface area contributed by atoms with Gasteiger partial charge in [-0.15, -0.1) is 0 Å². The molecule has 1 N–H and O–H groups in total. The number of hydrogen-bond acceptors (Lipinski definition) is 2. The highest BCUT2D eigenvalue weighted by Gasteiger charge is 2.06. The van der Waals surface area contributed by atoms with Crippen molar-refractivity contribution in [1.29, 1.82) is 0 Å². The lowest BCUT2D eigenvalue weighted by atomic mass is 10.0. The molecule has 0 aromatic heterocycles. The van der Waals surface area contributed by atoms with E-state index in [-0.39, 0.29) is 5.56 Å². The minimum absolute atomic E-state index is 0.252. The summed E-state index contributed by atoms with van der Waals surface area (Å²) in [5.74, 6) is -0.288. The number of benzene rings is 3. The summed E-state index contributed by atoms with van der Waals surface area (Å²) in [7, 11) is 0. The van der Waals surface area contributed by atoms with Gasteiger partial charge < -0.3 is 9.84 Å². The molecule has 3 rings (SSSR count). The topological polar surface area (TPSA) is 46.5 Å². The van der Waals surface area contributed by atoms with Gasteiger partial charge in [-0.3, -0.25) is 0 Å². The summed E-state index contributed by atoms with van der Waals surface area (Å²) in [6.45, 7) is 0.428. The second-order valence-corrected chi connectivity index (χ2v) is 5.14. The van der Waals surface area contributed by atoms with Gasteiger partial charge in [-0.1, -0.05) is 54.6 Å². The molecule has 114 valence electrons. The number of aromatic carboxylic acids is 1. The van der Waals surface area contributed by atoms with E-state index in [4.69, 9.17) is 9.84 Å². The summed E-state index contributed by atoms with van der Waals surface area (Å²) in [6, 6.07) is 24.7. The number of hydrogen-bond donors (Lipinski definition) is 1. The van der Waals surface area contributed by atoms with Gasteiger partial charge in [0.25, 0.3) is 0 Å². The Bertz CT molecular complexity index is 793. The number of carbonyl (C=O) groups is 1. The summed E-state index contributed by atoms with van der Waals surface area (Å²) in [5, 5.41) is 8.91. The van der Waals surface area contributed by atoms with Gasteiger partial charge in [0.2, 0.25) is 0 Å². The van der Waals surface area contributed by atoms with Crippen LogP contribution in [0.2, 0.25) is 0 Å². The maximum atomic E-state index is 10.9. The van der Waals surface area contributed by atoms with Crippen molar-refractivity contribution in [3.8, 4) is 16.9 Å². The van der Waals surface area contributed by atoms with E-state index >= 15 is 0 Å². The number of carboxylic acids is 1. The highest BCUT2D eigenvalue weighted by Crippen LogP contribution is 2.24. The molecule has 0 atom stereocenters. The van der Waals surface area contributed by atoms with Gasteiger partial charge in [0, 0.05) is 0 Å². The van der Waals surface area contributed by atoms with Crippen molar-refractivity contribution in [3.63, 3.8) is 0 Å². The zero-order valence-corrected chi connectivity index (χ0v) is 12.5. The van der Waals surface area contributed by atoms with E-state index < -0.39 is 5.97 Å². The summed E-state index contributed by atoms with van der Waals surface area (Å²) in [6.07, 6.45) is 0. The van der Waals surface area contributed by atoms with Gasteiger partial charge in [0.15, 0.2) is 0 Å². The van der Waals surface area contributed by atoms with Crippen molar-refractivity contribution in [2.45, 2.75) is 6.61 Å². The standard InChI is InChI=1S/C20H16O3/c21-20(22)16-10-12-18(13-11-16)23-14-17-8-4-5-9-19(17)15-6-2-1-3-7-15/h1-13H,14H2,(H,21,22). The van der Waals surface area contributed by atoms with E-state index in [1.807, 2.05) is 36.4 Å². The first-order chi connectivity index (χ1) is 11.2. The lowest BCUT2D eigenvalue weighted by Crippen LogP contribution is -1.99. The lowest BCUT2D eigenvalue weighted by Gasteiger charge is -2.11. The Hall–Kier alpha value is -3.07. The Morgan fingerprint density at radius 1 is 0.826 bits per heavy atom. The Labute approximate surface area is 134 Å². The molecule has 0 saturated carbocycles.